The number of imidazole rings is 1. The minimum atomic E-state index is -0.147. The molecule has 2 saturated heterocycles. The molecule has 5 heteroatoms. The summed E-state index contributed by atoms with van der Waals surface area (Å²) in [4.78, 5) is 20.6. The monoisotopic (exact) mass is 552 g/mol. The van der Waals surface area contributed by atoms with E-state index in [2.05, 4.69) is 88.1 Å². The number of carbonyl (C=O) groups is 1. The van der Waals surface area contributed by atoms with Gasteiger partial charge in [-0.05, 0) is 85.6 Å². The Morgan fingerprint density at radius 3 is 2.07 bits per heavy atom. The lowest BCUT2D eigenvalue weighted by Gasteiger charge is -2.37. The van der Waals surface area contributed by atoms with Crippen molar-refractivity contribution in [2.24, 2.45) is 0 Å². The fourth-order valence-corrected chi connectivity index (χ4v) is 7.00. The molecule has 0 radical (unpaired) electrons. The number of benzene rings is 4. The Hall–Kier alpha value is -4.48. The van der Waals surface area contributed by atoms with Crippen molar-refractivity contribution in [3.8, 4) is 0 Å². The second-order valence-corrected chi connectivity index (χ2v) is 11.6. The van der Waals surface area contributed by atoms with Gasteiger partial charge in [-0.3, -0.25) is 15.1 Å². The summed E-state index contributed by atoms with van der Waals surface area (Å²) in [7, 11) is 0. The lowest BCUT2D eigenvalue weighted by molar-refractivity contribution is 0.101. The summed E-state index contributed by atoms with van der Waals surface area (Å²) in [5.74, 6) is 0.605. The zero-order valence-electron chi connectivity index (χ0n) is 24.0. The topological polar surface area (TPSA) is 50.2 Å². The Bertz CT molecular complexity index is 1720. The molecule has 1 N–H and O–H groups in total. The highest BCUT2D eigenvalue weighted by atomic mass is 16.2. The van der Waals surface area contributed by atoms with Gasteiger partial charge >= 0.3 is 0 Å². The summed E-state index contributed by atoms with van der Waals surface area (Å²) in [6.07, 6.45) is 5.85. The number of nitrogens with zero attached hydrogens (tertiary/aromatic N) is 3. The third kappa shape index (κ3) is 5.17. The smallest absolute Gasteiger partial charge is 0.270 e. The van der Waals surface area contributed by atoms with Gasteiger partial charge in [-0.15, -0.1) is 0 Å². The molecule has 0 saturated carbocycles. The largest absolute Gasteiger partial charge is 0.296 e. The number of aryl methyl sites for hydroxylation is 1. The number of carbonyl (C=O) groups excluding carboxylic acids is 1. The van der Waals surface area contributed by atoms with Crippen LogP contribution in [-0.4, -0.2) is 39.1 Å². The molecule has 3 heterocycles. The molecule has 2 aliphatic heterocycles. The molecule has 5 nitrogen and oxygen atoms in total. The van der Waals surface area contributed by atoms with Crippen LogP contribution in [-0.2, 0) is 6.42 Å². The number of fused-ring (bicyclic) bond motifs is 3. The van der Waals surface area contributed by atoms with Gasteiger partial charge in [0.05, 0.1) is 11.0 Å². The molecule has 4 aromatic carbocycles. The minimum absolute atomic E-state index is 0.147. The van der Waals surface area contributed by atoms with Crippen molar-refractivity contribution in [2.75, 3.05) is 12.0 Å². The summed E-state index contributed by atoms with van der Waals surface area (Å²) >= 11 is 0. The lowest BCUT2D eigenvalue weighted by Crippen LogP contribution is -2.41. The molecule has 2 fully saturated rings. The maximum absolute atomic E-state index is 13.3. The number of para-hydroxylation sites is 2. The average Bonchev–Trinajstić information content (AvgIpc) is 3.47. The van der Waals surface area contributed by atoms with Gasteiger partial charge in [0.15, 0.2) is 0 Å². The third-order valence-corrected chi connectivity index (χ3v) is 9.03. The molecule has 42 heavy (non-hydrogen) atoms. The van der Waals surface area contributed by atoms with E-state index in [1.54, 1.807) is 10.2 Å². The highest BCUT2D eigenvalue weighted by Crippen LogP contribution is 2.43. The SMILES string of the molecule is Cc1nc2ccccc2n1NC(=O)c1ccc(C(=C2CC3CCC(C2)N3CCc2ccccc2)c2ccccc2)cc1. The second kappa shape index (κ2) is 11.4. The van der Waals surface area contributed by atoms with Crippen molar-refractivity contribution in [1.82, 2.24) is 14.6 Å². The maximum Gasteiger partial charge on any atom is 0.270 e. The number of aromatic nitrogens is 2. The van der Waals surface area contributed by atoms with E-state index in [4.69, 9.17) is 0 Å². The molecule has 5 aromatic rings. The Morgan fingerprint density at radius 1 is 0.762 bits per heavy atom. The molecule has 0 aliphatic carbocycles. The highest BCUT2D eigenvalue weighted by Gasteiger charge is 2.39. The van der Waals surface area contributed by atoms with Gasteiger partial charge in [0.1, 0.15) is 5.82 Å². The Labute approximate surface area is 247 Å². The van der Waals surface area contributed by atoms with Crippen molar-refractivity contribution in [2.45, 2.75) is 51.1 Å². The number of amides is 1. The van der Waals surface area contributed by atoms with E-state index >= 15 is 0 Å². The zero-order chi connectivity index (χ0) is 28.5. The normalized spacial score (nSPS) is 18.4. The number of hydrogen-bond donors (Lipinski definition) is 1. The van der Waals surface area contributed by atoms with Gasteiger partial charge in [-0.25, -0.2) is 9.66 Å². The first-order chi connectivity index (χ1) is 20.6. The van der Waals surface area contributed by atoms with Crippen LogP contribution >= 0.6 is 0 Å². The first-order valence-electron chi connectivity index (χ1n) is 15.1. The van der Waals surface area contributed by atoms with Crippen molar-refractivity contribution >= 4 is 22.5 Å². The molecule has 2 aliphatic rings. The Kier molecular flexibility index (Phi) is 7.18. The van der Waals surface area contributed by atoms with Gasteiger partial charge in [0.25, 0.3) is 5.91 Å². The van der Waals surface area contributed by atoms with Crippen molar-refractivity contribution in [3.05, 3.63) is 143 Å². The summed E-state index contributed by atoms with van der Waals surface area (Å²) in [6.45, 7) is 3.03. The van der Waals surface area contributed by atoms with Crippen molar-refractivity contribution in [3.63, 3.8) is 0 Å². The molecular formula is C37H36N4O. The molecule has 1 amide bonds. The molecule has 2 atom stereocenters. The van der Waals surface area contributed by atoms with Gasteiger partial charge < -0.3 is 0 Å². The Morgan fingerprint density at radius 2 is 1.36 bits per heavy atom. The summed E-state index contributed by atoms with van der Waals surface area (Å²) in [6, 6.07) is 38.8. The number of piperidine rings is 1. The summed E-state index contributed by atoms with van der Waals surface area (Å²) in [5, 5.41) is 0. The average molecular weight is 553 g/mol. The number of rotatable bonds is 7. The van der Waals surface area contributed by atoms with Crippen LogP contribution in [0.4, 0.5) is 0 Å². The van der Waals surface area contributed by atoms with E-state index in [-0.39, 0.29) is 5.91 Å². The minimum Gasteiger partial charge on any atom is -0.296 e. The first-order valence-corrected chi connectivity index (χ1v) is 15.1. The molecule has 2 bridgehead atoms. The predicted octanol–water partition coefficient (Wildman–Crippen LogP) is 7.40. The maximum atomic E-state index is 13.3. The molecule has 210 valence electrons. The fraction of sp³-hybridized carbons (Fsp3) is 0.243. The Balaban J connectivity index is 1.14. The van der Waals surface area contributed by atoms with Crippen LogP contribution in [0.25, 0.3) is 16.6 Å². The van der Waals surface area contributed by atoms with E-state index in [0.717, 1.165) is 42.7 Å². The summed E-state index contributed by atoms with van der Waals surface area (Å²) in [5.41, 5.74) is 12.1. The third-order valence-electron chi connectivity index (χ3n) is 9.03. The van der Waals surface area contributed by atoms with Crippen molar-refractivity contribution in [1.29, 1.82) is 0 Å². The molecule has 1 aromatic heterocycles. The zero-order valence-corrected chi connectivity index (χ0v) is 24.0. The van der Waals surface area contributed by atoms with Gasteiger partial charge in [-0.2, -0.15) is 0 Å². The van der Waals surface area contributed by atoms with Crippen LogP contribution in [0.5, 0.6) is 0 Å². The first kappa shape index (κ1) is 26.4. The number of nitrogens with one attached hydrogen (secondary N) is 1. The van der Waals surface area contributed by atoms with Gasteiger partial charge in [-0.1, -0.05) is 90.5 Å². The van der Waals surface area contributed by atoms with Crippen LogP contribution in [0.15, 0.2) is 115 Å². The van der Waals surface area contributed by atoms with Crippen molar-refractivity contribution < 1.29 is 4.79 Å². The predicted molar refractivity (Wildman–Crippen MR) is 170 cm³/mol. The van der Waals surface area contributed by atoms with Crippen LogP contribution in [0.3, 0.4) is 0 Å². The van der Waals surface area contributed by atoms with Crippen LogP contribution in [0.2, 0.25) is 0 Å². The summed E-state index contributed by atoms with van der Waals surface area (Å²) < 4.78 is 1.77. The quantitative estimate of drug-likeness (QED) is 0.229. The highest BCUT2D eigenvalue weighted by molar-refractivity contribution is 6.01. The van der Waals surface area contributed by atoms with E-state index in [0.29, 0.717) is 17.6 Å². The lowest BCUT2D eigenvalue weighted by atomic mass is 9.85. The van der Waals surface area contributed by atoms with E-state index in [1.165, 1.54) is 35.1 Å². The molecule has 2 unspecified atom stereocenters. The van der Waals surface area contributed by atoms with Crippen LogP contribution in [0, 0.1) is 6.92 Å². The molecule has 7 rings (SSSR count). The second-order valence-electron chi connectivity index (χ2n) is 11.6. The molecular weight excluding hydrogens is 516 g/mol. The van der Waals surface area contributed by atoms with Crippen LogP contribution in [0.1, 0.15) is 58.6 Å². The molecule has 0 spiro atoms. The van der Waals surface area contributed by atoms with Gasteiger partial charge in [0.2, 0.25) is 0 Å². The standard InChI is InChI=1S/C37H36N4O/c1-26-38-34-14-8-9-15-35(34)41(26)39-37(42)30-18-16-29(17-19-30)36(28-12-6-3-7-13-28)31-24-32-20-21-33(25-31)40(32)23-22-27-10-4-2-5-11-27/h2-19,32-33H,20-25H2,1H3,(H,39,42). The van der Waals surface area contributed by atoms with E-state index in [1.807, 2.05) is 43.3 Å². The van der Waals surface area contributed by atoms with Gasteiger partial charge in [0, 0.05) is 24.2 Å². The van der Waals surface area contributed by atoms with E-state index < -0.39 is 0 Å². The van der Waals surface area contributed by atoms with Crippen LogP contribution < -0.4 is 5.43 Å². The van der Waals surface area contributed by atoms with E-state index in [9.17, 15) is 4.79 Å². The fourth-order valence-electron chi connectivity index (χ4n) is 7.00. The number of hydrogen-bond acceptors (Lipinski definition) is 3.